The lowest BCUT2D eigenvalue weighted by Gasteiger charge is -2.24. The number of nitrogens with two attached hydrogens (primary N) is 1. The highest BCUT2D eigenvalue weighted by Gasteiger charge is 2.27. The van der Waals surface area contributed by atoms with Gasteiger partial charge in [-0.3, -0.25) is 15.1 Å². The average Bonchev–Trinajstić information content (AvgIpc) is 2.17. The van der Waals surface area contributed by atoms with Crippen LogP contribution in [0.5, 0.6) is 0 Å². The predicted octanol–water partition coefficient (Wildman–Crippen LogP) is 2.08. The second-order valence-electron chi connectivity index (χ2n) is 4.32. The monoisotopic (exact) mass is 223 g/mol. The summed E-state index contributed by atoms with van der Waals surface area (Å²) in [5.41, 5.74) is 6.62. The quantitative estimate of drug-likeness (QED) is 0.625. The number of hydrogen-bond donors (Lipinski definition) is 1. The number of aromatic nitrogens is 1. The molecule has 0 aliphatic carbocycles. The van der Waals surface area contributed by atoms with E-state index < -0.39 is 4.92 Å². The SMILES string of the molecule is CC(C)C(c1ccncc1[N+](=O)[O-])C(C)N. The Morgan fingerprint density at radius 2 is 2.06 bits per heavy atom. The van der Waals surface area contributed by atoms with Gasteiger partial charge in [0.2, 0.25) is 0 Å². The molecule has 2 unspecified atom stereocenters. The number of nitro groups is 1. The Kier molecular flexibility index (Phi) is 3.95. The molecule has 1 heterocycles. The molecule has 0 aliphatic heterocycles. The largest absolute Gasteiger partial charge is 0.327 e. The highest BCUT2D eigenvalue weighted by molar-refractivity contribution is 5.40. The molecule has 5 nitrogen and oxygen atoms in total. The van der Waals surface area contributed by atoms with Gasteiger partial charge in [-0.2, -0.15) is 0 Å². The molecule has 16 heavy (non-hydrogen) atoms. The lowest BCUT2D eigenvalue weighted by Crippen LogP contribution is -2.29. The molecule has 2 atom stereocenters. The fourth-order valence-electron chi connectivity index (χ4n) is 2.08. The van der Waals surface area contributed by atoms with Gasteiger partial charge in [0, 0.05) is 23.7 Å². The van der Waals surface area contributed by atoms with E-state index in [1.54, 1.807) is 12.3 Å². The van der Waals surface area contributed by atoms with Gasteiger partial charge in [-0.25, -0.2) is 0 Å². The van der Waals surface area contributed by atoms with Crippen LogP contribution >= 0.6 is 0 Å². The summed E-state index contributed by atoms with van der Waals surface area (Å²) in [6.45, 7) is 5.89. The maximum atomic E-state index is 10.9. The van der Waals surface area contributed by atoms with Crippen molar-refractivity contribution in [3.63, 3.8) is 0 Å². The van der Waals surface area contributed by atoms with E-state index in [1.165, 1.54) is 6.20 Å². The molecule has 1 rings (SSSR count). The Labute approximate surface area is 94.8 Å². The molecular weight excluding hydrogens is 206 g/mol. The number of rotatable bonds is 4. The van der Waals surface area contributed by atoms with Gasteiger partial charge >= 0.3 is 0 Å². The van der Waals surface area contributed by atoms with Crippen molar-refractivity contribution in [1.29, 1.82) is 0 Å². The summed E-state index contributed by atoms with van der Waals surface area (Å²) in [6, 6.07) is 1.56. The van der Waals surface area contributed by atoms with E-state index in [0.717, 1.165) is 0 Å². The number of nitrogens with zero attached hydrogens (tertiary/aromatic N) is 2. The van der Waals surface area contributed by atoms with Gasteiger partial charge < -0.3 is 5.73 Å². The van der Waals surface area contributed by atoms with E-state index in [-0.39, 0.29) is 23.6 Å². The third-order valence-corrected chi connectivity index (χ3v) is 2.67. The first-order chi connectivity index (χ1) is 7.45. The van der Waals surface area contributed by atoms with E-state index in [9.17, 15) is 10.1 Å². The van der Waals surface area contributed by atoms with Gasteiger partial charge in [0.25, 0.3) is 5.69 Å². The van der Waals surface area contributed by atoms with Crippen LogP contribution < -0.4 is 5.73 Å². The molecule has 0 aromatic carbocycles. The third-order valence-electron chi connectivity index (χ3n) is 2.67. The zero-order chi connectivity index (χ0) is 12.3. The highest BCUT2D eigenvalue weighted by Crippen LogP contribution is 2.32. The van der Waals surface area contributed by atoms with Crippen molar-refractivity contribution in [2.45, 2.75) is 32.7 Å². The van der Waals surface area contributed by atoms with Gasteiger partial charge in [-0.05, 0) is 18.9 Å². The lowest BCUT2D eigenvalue weighted by molar-refractivity contribution is -0.386. The van der Waals surface area contributed by atoms with E-state index >= 15 is 0 Å². The topological polar surface area (TPSA) is 82.0 Å². The minimum atomic E-state index is -0.403. The normalized spacial score (nSPS) is 14.8. The van der Waals surface area contributed by atoms with Gasteiger partial charge in [-0.15, -0.1) is 0 Å². The molecule has 0 fully saturated rings. The summed E-state index contributed by atoms with van der Waals surface area (Å²) >= 11 is 0. The van der Waals surface area contributed by atoms with Crippen LogP contribution in [0.3, 0.4) is 0 Å². The van der Waals surface area contributed by atoms with Gasteiger partial charge in [0.05, 0.1) is 4.92 Å². The van der Waals surface area contributed by atoms with Crippen LogP contribution in [0.4, 0.5) is 5.69 Å². The fraction of sp³-hybridized carbons (Fsp3) is 0.545. The fourth-order valence-corrected chi connectivity index (χ4v) is 2.08. The standard InChI is InChI=1S/C11H17N3O2/c1-7(2)11(8(3)12)9-4-5-13-6-10(9)14(15)16/h4-8,11H,12H2,1-3H3. The maximum Gasteiger partial charge on any atom is 0.291 e. The molecule has 5 heteroatoms. The minimum Gasteiger partial charge on any atom is -0.327 e. The van der Waals surface area contributed by atoms with Crippen LogP contribution in [0.1, 0.15) is 32.3 Å². The second kappa shape index (κ2) is 5.03. The molecule has 1 aromatic heterocycles. The predicted molar refractivity (Wildman–Crippen MR) is 62.1 cm³/mol. The van der Waals surface area contributed by atoms with E-state index in [4.69, 9.17) is 5.73 Å². The molecule has 0 aliphatic rings. The minimum absolute atomic E-state index is 0.0246. The molecule has 2 N–H and O–H groups in total. The summed E-state index contributed by atoms with van der Waals surface area (Å²) in [7, 11) is 0. The summed E-state index contributed by atoms with van der Waals surface area (Å²) in [5, 5.41) is 10.9. The molecule has 0 saturated carbocycles. The zero-order valence-electron chi connectivity index (χ0n) is 9.75. The molecule has 0 amide bonds. The molecule has 0 spiro atoms. The second-order valence-corrected chi connectivity index (χ2v) is 4.32. The van der Waals surface area contributed by atoms with Crippen LogP contribution in [0, 0.1) is 16.0 Å². The molecule has 0 saturated heterocycles. The van der Waals surface area contributed by atoms with Crippen molar-refractivity contribution >= 4 is 5.69 Å². The first-order valence-corrected chi connectivity index (χ1v) is 5.29. The number of pyridine rings is 1. The number of hydrogen-bond acceptors (Lipinski definition) is 4. The average molecular weight is 223 g/mol. The first kappa shape index (κ1) is 12.6. The Hall–Kier alpha value is -1.49. The van der Waals surface area contributed by atoms with Gasteiger partial charge in [-0.1, -0.05) is 13.8 Å². The zero-order valence-corrected chi connectivity index (χ0v) is 9.75. The summed E-state index contributed by atoms with van der Waals surface area (Å²) in [5.74, 6) is 0.226. The van der Waals surface area contributed by atoms with E-state index in [2.05, 4.69) is 4.98 Å². The molecule has 0 bridgehead atoms. The van der Waals surface area contributed by atoms with Crippen molar-refractivity contribution in [3.8, 4) is 0 Å². The van der Waals surface area contributed by atoms with Crippen molar-refractivity contribution < 1.29 is 4.92 Å². The Balaban J connectivity index is 3.23. The van der Waals surface area contributed by atoms with E-state index in [1.807, 2.05) is 20.8 Å². The lowest BCUT2D eigenvalue weighted by atomic mass is 9.83. The smallest absolute Gasteiger partial charge is 0.291 e. The maximum absolute atomic E-state index is 10.9. The Morgan fingerprint density at radius 3 is 2.50 bits per heavy atom. The Bertz CT molecular complexity index is 369. The highest BCUT2D eigenvalue weighted by atomic mass is 16.6. The van der Waals surface area contributed by atoms with Crippen molar-refractivity contribution in [3.05, 3.63) is 34.1 Å². The third kappa shape index (κ3) is 2.55. The van der Waals surface area contributed by atoms with E-state index in [0.29, 0.717) is 5.56 Å². The van der Waals surface area contributed by atoms with Gasteiger partial charge in [0.15, 0.2) is 0 Å². The Morgan fingerprint density at radius 1 is 1.44 bits per heavy atom. The van der Waals surface area contributed by atoms with Crippen LogP contribution in [-0.2, 0) is 0 Å². The van der Waals surface area contributed by atoms with Crippen molar-refractivity contribution in [1.82, 2.24) is 4.98 Å². The summed E-state index contributed by atoms with van der Waals surface area (Å²) in [6.07, 6.45) is 2.85. The molecule has 1 aromatic rings. The van der Waals surface area contributed by atoms with Crippen molar-refractivity contribution in [2.75, 3.05) is 0 Å². The molecular formula is C11H17N3O2. The van der Waals surface area contributed by atoms with Crippen molar-refractivity contribution in [2.24, 2.45) is 11.7 Å². The van der Waals surface area contributed by atoms with Crippen LogP contribution in [-0.4, -0.2) is 15.9 Å². The summed E-state index contributed by atoms with van der Waals surface area (Å²) < 4.78 is 0. The molecule has 88 valence electrons. The van der Waals surface area contributed by atoms with Crippen LogP contribution in [0.25, 0.3) is 0 Å². The van der Waals surface area contributed by atoms with Gasteiger partial charge in [0.1, 0.15) is 6.20 Å². The van der Waals surface area contributed by atoms with Crippen LogP contribution in [0.2, 0.25) is 0 Å². The van der Waals surface area contributed by atoms with Crippen LogP contribution in [0.15, 0.2) is 18.5 Å². The summed E-state index contributed by atoms with van der Waals surface area (Å²) in [4.78, 5) is 14.3. The molecule has 0 radical (unpaired) electrons. The first-order valence-electron chi connectivity index (χ1n) is 5.29.